The van der Waals surface area contributed by atoms with E-state index in [1.54, 1.807) is 12.4 Å². The van der Waals surface area contributed by atoms with Gasteiger partial charge in [0.2, 0.25) is 0 Å². The Hall–Kier alpha value is -1.81. The van der Waals surface area contributed by atoms with Crippen LogP contribution in [0, 0.1) is 0 Å². The Balaban J connectivity index is 2.24. The van der Waals surface area contributed by atoms with Gasteiger partial charge in [0.25, 0.3) is 0 Å². The van der Waals surface area contributed by atoms with E-state index in [-0.39, 0.29) is 4.48 Å². The van der Waals surface area contributed by atoms with E-state index in [1.165, 1.54) is 0 Å². The van der Waals surface area contributed by atoms with Crippen molar-refractivity contribution in [2.45, 2.75) is 0 Å². The van der Waals surface area contributed by atoms with Gasteiger partial charge in [-0.05, 0) is 0 Å². The number of nitrogens with zero attached hydrogens (tertiary/aromatic N) is 3. The first-order valence-corrected chi connectivity index (χ1v) is 5.96. The van der Waals surface area contributed by atoms with Gasteiger partial charge in [0, 0.05) is 0 Å². The van der Waals surface area contributed by atoms with Crippen molar-refractivity contribution in [1.29, 1.82) is 0 Å². The molecule has 0 saturated carbocycles. The van der Waals surface area contributed by atoms with Gasteiger partial charge in [-0.1, -0.05) is 0 Å². The molecule has 0 amide bonds. The fraction of sp³-hybridized carbons (Fsp3) is 0. The summed E-state index contributed by atoms with van der Waals surface area (Å²) in [6.07, 6.45) is 7.28. The van der Waals surface area contributed by atoms with Crippen LogP contribution in [0.5, 0.6) is 0 Å². The fourth-order valence-corrected chi connectivity index (χ4v) is 2.32. The van der Waals surface area contributed by atoms with Gasteiger partial charge in [-0.15, -0.1) is 0 Å². The van der Waals surface area contributed by atoms with Crippen molar-refractivity contribution in [3.05, 3.63) is 61.2 Å². The summed E-state index contributed by atoms with van der Waals surface area (Å²) in [5, 5.41) is 3.04. The van der Waals surface area contributed by atoms with E-state index < -0.39 is 0 Å². The van der Waals surface area contributed by atoms with Crippen molar-refractivity contribution in [3.8, 4) is 0 Å². The standard InChI is InChI=1S/C13H11N4.Cu/c1-3-7-15-12(5-1)17(10-9-14-11-17)13-6-2-4-8-16-13;/h1-10,14H;/q+1;. The minimum atomic E-state index is 0.224. The van der Waals surface area contributed by atoms with Crippen LogP contribution in [0.4, 0.5) is 11.6 Å². The van der Waals surface area contributed by atoms with Crippen molar-refractivity contribution in [2.75, 3.05) is 0 Å². The van der Waals surface area contributed by atoms with Gasteiger partial charge in [-0.25, -0.2) is 0 Å². The molecule has 1 N–H and O–H groups in total. The predicted octanol–water partition coefficient (Wildman–Crippen LogP) is 1.82. The Morgan fingerprint density at radius 2 is 1.56 bits per heavy atom. The summed E-state index contributed by atoms with van der Waals surface area (Å²) in [4.78, 5) is 8.82. The third kappa shape index (κ3) is 1.61. The van der Waals surface area contributed by atoms with Crippen LogP contribution in [-0.2, 0) is 15.6 Å². The summed E-state index contributed by atoms with van der Waals surface area (Å²) in [5.41, 5.74) is 0. The Morgan fingerprint density at radius 1 is 0.944 bits per heavy atom. The van der Waals surface area contributed by atoms with Crippen molar-refractivity contribution in [3.63, 3.8) is 0 Å². The summed E-state index contributed by atoms with van der Waals surface area (Å²) < 4.78 is 0.849. The summed E-state index contributed by atoms with van der Waals surface area (Å²) in [5.74, 6) is 1.63. The summed E-state index contributed by atoms with van der Waals surface area (Å²) in [6, 6.07) is 11.5. The van der Waals surface area contributed by atoms with E-state index >= 15 is 0 Å². The van der Waals surface area contributed by atoms with Crippen molar-refractivity contribution in [1.82, 2.24) is 19.8 Å². The topological polar surface area (TPSA) is 37.8 Å². The second-order valence-electron chi connectivity index (χ2n) is 3.81. The molecule has 0 radical (unpaired) electrons. The quantitative estimate of drug-likeness (QED) is 0.676. The molecule has 0 unspecified atom stereocenters. The van der Waals surface area contributed by atoms with E-state index in [1.807, 2.05) is 48.8 Å². The Kier molecular flexibility index (Phi) is 2.80. The first-order valence-electron chi connectivity index (χ1n) is 5.49. The Bertz CT molecular complexity index is 555. The van der Waals surface area contributed by atoms with Crippen LogP contribution in [0.3, 0.4) is 0 Å². The number of rotatable bonds is 2. The molecule has 2 aromatic heterocycles. The average Bonchev–Trinajstić information content (AvgIpc) is 2.84. The zero-order valence-corrected chi connectivity index (χ0v) is 10.4. The molecule has 2 aromatic rings. The molecule has 1 aliphatic rings. The molecule has 3 heterocycles. The Labute approximate surface area is 113 Å². The number of pyridine rings is 2. The molecule has 18 heavy (non-hydrogen) atoms. The number of hydrogen-bond donors (Lipinski definition) is 1. The number of nitrogens with one attached hydrogen (secondary N) is 1. The molecular weight excluding hydrogens is 276 g/mol. The third-order valence-corrected chi connectivity index (χ3v) is 3.26. The van der Waals surface area contributed by atoms with Gasteiger partial charge in [-0.2, -0.15) is 0 Å². The summed E-state index contributed by atoms with van der Waals surface area (Å²) in [6.45, 7) is 0. The molecule has 0 atom stereocenters. The molecule has 1 aliphatic heterocycles. The van der Waals surface area contributed by atoms with Crippen molar-refractivity contribution < 1.29 is 15.6 Å². The average molecular weight is 287 g/mol. The first kappa shape index (κ1) is 11.3. The molecule has 0 bridgehead atoms. The zero-order valence-electron chi connectivity index (χ0n) is 9.42. The van der Waals surface area contributed by atoms with Crippen LogP contribution in [-0.4, -0.2) is 14.6 Å². The van der Waals surface area contributed by atoms with E-state index in [0.717, 1.165) is 11.6 Å². The predicted molar refractivity (Wildman–Crippen MR) is 67.2 cm³/mol. The van der Waals surface area contributed by atoms with Crippen molar-refractivity contribution in [2.24, 2.45) is 0 Å². The Morgan fingerprint density at radius 3 is 1.94 bits per heavy atom. The van der Waals surface area contributed by atoms with E-state index in [0.29, 0.717) is 4.67 Å². The normalized spacial score (nSPS) is 16.7. The third-order valence-electron chi connectivity index (χ3n) is 2.79. The maximum absolute atomic E-state index is 5.60. The molecule has 0 spiro atoms. The van der Waals surface area contributed by atoms with Gasteiger partial charge in [0.15, 0.2) is 0 Å². The van der Waals surface area contributed by atoms with Gasteiger partial charge in [-0.3, -0.25) is 0 Å². The van der Waals surface area contributed by atoms with E-state index in [4.69, 9.17) is 15.6 Å². The molecule has 0 saturated heterocycles. The molecule has 0 fully saturated rings. The van der Waals surface area contributed by atoms with Gasteiger partial charge in [0.05, 0.1) is 0 Å². The number of quaternary nitrogens is 1. The molecule has 0 aromatic carbocycles. The van der Waals surface area contributed by atoms with Crippen LogP contribution in [0.15, 0.2) is 61.2 Å². The van der Waals surface area contributed by atoms with E-state index in [2.05, 4.69) is 15.3 Å². The summed E-state index contributed by atoms with van der Waals surface area (Å²) >= 11 is 5.60. The van der Waals surface area contributed by atoms with Crippen LogP contribution >= 0.6 is 0 Å². The minimum absolute atomic E-state index is 0.224. The fourth-order valence-electron chi connectivity index (χ4n) is 1.95. The maximum atomic E-state index is 5.60. The zero-order chi connectivity index (χ0) is 12.4. The van der Waals surface area contributed by atoms with Crippen LogP contribution in [0.1, 0.15) is 0 Å². The summed E-state index contributed by atoms with van der Waals surface area (Å²) in [7, 11) is 0. The monoisotopic (exact) mass is 286 g/mol. The van der Waals surface area contributed by atoms with Crippen LogP contribution in [0.2, 0.25) is 0 Å². The SMILES string of the molecule is [Cu]=[C]1NC=C[N+]1(c1ccccn1)c1ccccn1. The van der Waals surface area contributed by atoms with Crippen LogP contribution in [0.25, 0.3) is 0 Å². The second-order valence-corrected chi connectivity index (χ2v) is 4.26. The second kappa shape index (κ2) is 4.46. The first-order chi connectivity index (χ1) is 8.84. The van der Waals surface area contributed by atoms with Gasteiger partial charge in [0.1, 0.15) is 0 Å². The van der Waals surface area contributed by atoms with E-state index in [9.17, 15) is 0 Å². The molecule has 4 nitrogen and oxygen atoms in total. The van der Waals surface area contributed by atoms with Gasteiger partial charge >= 0.3 is 113 Å². The number of aromatic nitrogens is 2. The molecular formula is C13H11CuN4+. The molecule has 3 rings (SSSR count). The number of hydrogen-bond acceptors (Lipinski definition) is 3. The molecule has 93 valence electrons. The molecule has 5 heteroatoms. The molecule has 0 aliphatic carbocycles. The van der Waals surface area contributed by atoms with Crippen molar-refractivity contribution >= 4 is 16.3 Å². The van der Waals surface area contributed by atoms with Gasteiger partial charge < -0.3 is 0 Å². The van der Waals surface area contributed by atoms with Crippen LogP contribution < -0.4 is 9.80 Å².